The summed E-state index contributed by atoms with van der Waals surface area (Å²) in [6, 6.07) is 4.17. The van der Waals surface area contributed by atoms with E-state index in [1.54, 1.807) is 11.3 Å². The van der Waals surface area contributed by atoms with Crippen LogP contribution in [-0.2, 0) is 6.42 Å². The molecule has 1 unspecified atom stereocenters. The predicted octanol–water partition coefficient (Wildman–Crippen LogP) is 1.60. The summed E-state index contributed by atoms with van der Waals surface area (Å²) in [5.41, 5.74) is 0. The quantitative estimate of drug-likeness (QED) is 0.778. The first-order valence-corrected chi connectivity index (χ1v) is 5.41. The first-order valence-electron chi connectivity index (χ1n) is 4.53. The molecule has 13 heavy (non-hydrogen) atoms. The third-order valence-corrected chi connectivity index (χ3v) is 2.82. The summed E-state index contributed by atoms with van der Waals surface area (Å²) >= 11 is 1.76. The first-order chi connectivity index (χ1) is 6.18. The van der Waals surface area contributed by atoms with Crippen LogP contribution in [-0.4, -0.2) is 36.8 Å². The van der Waals surface area contributed by atoms with Gasteiger partial charge in [-0.2, -0.15) is 0 Å². The fraction of sp³-hybridized carbons (Fsp3) is 0.600. The highest BCUT2D eigenvalue weighted by Crippen LogP contribution is 2.12. The number of hydrogen-bond acceptors (Lipinski definition) is 3. The van der Waals surface area contributed by atoms with Crippen LogP contribution < -0.4 is 0 Å². The monoisotopic (exact) mass is 199 g/mol. The maximum Gasteiger partial charge on any atom is 0.0670 e. The highest BCUT2D eigenvalue weighted by molar-refractivity contribution is 7.09. The molecule has 0 saturated carbocycles. The molecule has 1 aromatic rings. The Balaban J connectivity index is 2.19. The van der Waals surface area contributed by atoms with Gasteiger partial charge in [0.25, 0.3) is 0 Å². The molecular formula is C10H17NOS. The van der Waals surface area contributed by atoms with Crippen LogP contribution in [0.15, 0.2) is 17.5 Å². The third-order valence-electron chi connectivity index (χ3n) is 1.88. The van der Waals surface area contributed by atoms with E-state index < -0.39 is 0 Å². The molecule has 1 aromatic heterocycles. The number of aliphatic hydroxyl groups excluding tert-OH is 1. The molecule has 0 radical (unpaired) electrons. The Labute approximate surface area is 83.8 Å². The fourth-order valence-corrected chi connectivity index (χ4v) is 2.00. The highest BCUT2D eigenvalue weighted by atomic mass is 32.1. The smallest absolute Gasteiger partial charge is 0.0670 e. The van der Waals surface area contributed by atoms with Crippen LogP contribution in [0.25, 0.3) is 0 Å². The average Bonchev–Trinajstić information content (AvgIpc) is 2.51. The molecule has 1 atom stereocenters. The van der Waals surface area contributed by atoms with E-state index in [0.717, 1.165) is 19.4 Å². The molecule has 1 heterocycles. The number of likely N-dealkylation sites (N-methyl/N-ethyl adjacent to an activating group) is 1. The molecule has 0 aromatic carbocycles. The van der Waals surface area contributed by atoms with Crippen LogP contribution in [0.3, 0.4) is 0 Å². The topological polar surface area (TPSA) is 23.5 Å². The van der Waals surface area contributed by atoms with Gasteiger partial charge in [0.1, 0.15) is 0 Å². The summed E-state index contributed by atoms with van der Waals surface area (Å²) in [6.07, 6.45) is 1.66. The van der Waals surface area contributed by atoms with Crippen LogP contribution >= 0.6 is 11.3 Å². The summed E-state index contributed by atoms with van der Waals surface area (Å²) < 4.78 is 0. The molecule has 0 spiro atoms. The molecule has 1 N–H and O–H groups in total. The largest absolute Gasteiger partial charge is 0.392 e. The summed E-state index contributed by atoms with van der Waals surface area (Å²) in [4.78, 5) is 3.37. The lowest BCUT2D eigenvalue weighted by molar-refractivity contribution is 0.129. The third kappa shape index (κ3) is 4.41. The average molecular weight is 199 g/mol. The zero-order valence-corrected chi connectivity index (χ0v) is 9.05. The van der Waals surface area contributed by atoms with Crippen molar-refractivity contribution >= 4 is 11.3 Å². The molecule has 0 aliphatic heterocycles. The lowest BCUT2D eigenvalue weighted by Crippen LogP contribution is -2.25. The van der Waals surface area contributed by atoms with E-state index in [9.17, 15) is 5.11 Å². The molecule has 2 nitrogen and oxygen atoms in total. The van der Waals surface area contributed by atoms with Crippen molar-refractivity contribution in [3.63, 3.8) is 0 Å². The van der Waals surface area contributed by atoms with Crippen LogP contribution in [0.4, 0.5) is 0 Å². The molecule has 0 fully saturated rings. The van der Waals surface area contributed by atoms with Gasteiger partial charge in [-0.15, -0.1) is 11.3 Å². The van der Waals surface area contributed by atoms with Crippen molar-refractivity contribution in [2.75, 3.05) is 20.6 Å². The second-order valence-corrected chi connectivity index (χ2v) is 4.57. The fourth-order valence-electron chi connectivity index (χ4n) is 1.28. The van der Waals surface area contributed by atoms with E-state index in [-0.39, 0.29) is 6.10 Å². The Morgan fingerprint density at radius 3 is 2.85 bits per heavy atom. The normalized spacial score (nSPS) is 13.5. The van der Waals surface area contributed by atoms with Gasteiger partial charge in [0.05, 0.1) is 6.10 Å². The standard InChI is InChI=1S/C10H17NOS/c1-11(2)8-9(12)5-6-10-4-3-7-13-10/h3-4,7,9,12H,5-6,8H2,1-2H3. The highest BCUT2D eigenvalue weighted by Gasteiger charge is 2.05. The molecule has 74 valence electrons. The van der Waals surface area contributed by atoms with E-state index >= 15 is 0 Å². The second kappa shape index (κ2) is 5.37. The van der Waals surface area contributed by atoms with Crippen LogP contribution in [0.1, 0.15) is 11.3 Å². The SMILES string of the molecule is CN(C)CC(O)CCc1cccs1. The number of thiophene rings is 1. The second-order valence-electron chi connectivity index (χ2n) is 3.53. The summed E-state index contributed by atoms with van der Waals surface area (Å²) in [5.74, 6) is 0. The van der Waals surface area contributed by atoms with Gasteiger partial charge in [-0.1, -0.05) is 6.07 Å². The molecular weight excluding hydrogens is 182 g/mol. The zero-order chi connectivity index (χ0) is 9.68. The lowest BCUT2D eigenvalue weighted by atomic mass is 10.2. The van der Waals surface area contributed by atoms with E-state index in [1.165, 1.54) is 4.88 Å². The van der Waals surface area contributed by atoms with Gasteiger partial charge in [-0.05, 0) is 38.4 Å². The van der Waals surface area contributed by atoms with Crippen LogP contribution in [0.2, 0.25) is 0 Å². The van der Waals surface area contributed by atoms with Crippen LogP contribution in [0.5, 0.6) is 0 Å². The Morgan fingerprint density at radius 2 is 2.31 bits per heavy atom. The van der Waals surface area contributed by atoms with Crippen molar-refractivity contribution in [1.29, 1.82) is 0 Å². The number of hydrogen-bond donors (Lipinski definition) is 1. The maximum absolute atomic E-state index is 9.58. The van der Waals surface area contributed by atoms with Crippen molar-refractivity contribution in [2.45, 2.75) is 18.9 Å². The van der Waals surface area contributed by atoms with E-state index in [2.05, 4.69) is 17.5 Å². The van der Waals surface area contributed by atoms with E-state index in [0.29, 0.717) is 0 Å². The Bertz CT molecular complexity index is 221. The molecule has 3 heteroatoms. The van der Waals surface area contributed by atoms with Crippen molar-refractivity contribution in [3.8, 4) is 0 Å². The van der Waals surface area contributed by atoms with Gasteiger partial charge in [0.15, 0.2) is 0 Å². The van der Waals surface area contributed by atoms with Crippen molar-refractivity contribution in [1.82, 2.24) is 4.90 Å². The Kier molecular flexibility index (Phi) is 4.42. The lowest BCUT2D eigenvalue weighted by Gasteiger charge is -2.15. The number of rotatable bonds is 5. The van der Waals surface area contributed by atoms with Crippen molar-refractivity contribution in [3.05, 3.63) is 22.4 Å². The molecule has 0 aliphatic carbocycles. The summed E-state index contributed by atoms with van der Waals surface area (Å²) in [5, 5.41) is 11.7. The minimum Gasteiger partial charge on any atom is -0.392 e. The van der Waals surface area contributed by atoms with Gasteiger partial charge < -0.3 is 10.0 Å². The van der Waals surface area contributed by atoms with Gasteiger partial charge in [0.2, 0.25) is 0 Å². The van der Waals surface area contributed by atoms with Crippen LogP contribution in [0, 0.1) is 0 Å². The van der Waals surface area contributed by atoms with Crippen molar-refractivity contribution < 1.29 is 5.11 Å². The summed E-state index contributed by atoms with van der Waals surface area (Å²) in [7, 11) is 3.96. The van der Waals surface area contributed by atoms with Gasteiger partial charge in [0, 0.05) is 11.4 Å². The van der Waals surface area contributed by atoms with Gasteiger partial charge in [-0.3, -0.25) is 0 Å². The first kappa shape index (κ1) is 10.7. The summed E-state index contributed by atoms with van der Waals surface area (Å²) in [6.45, 7) is 0.755. The molecule has 0 aliphatic rings. The molecule has 0 amide bonds. The molecule has 0 saturated heterocycles. The predicted molar refractivity (Wildman–Crippen MR) is 57.2 cm³/mol. The van der Waals surface area contributed by atoms with Gasteiger partial charge in [-0.25, -0.2) is 0 Å². The molecule has 0 bridgehead atoms. The number of aryl methyl sites for hydroxylation is 1. The van der Waals surface area contributed by atoms with Crippen molar-refractivity contribution in [2.24, 2.45) is 0 Å². The Hall–Kier alpha value is -0.380. The number of aliphatic hydroxyl groups is 1. The minimum absolute atomic E-state index is 0.197. The van der Waals surface area contributed by atoms with E-state index in [1.807, 2.05) is 19.0 Å². The van der Waals surface area contributed by atoms with E-state index in [4.69, 9.17) is 0 Å². The maximum atomic E-state index is 9.58. The minimum atomic E-state index is -0.197. The Morgan fingerprint density at radius 1 is 1.54 bits per heavy atom. The number of nitrogens with zero attached hydrogens (tertiary/aromatic N) is 1. The van der Waals surface area contributed by atoms with Gasteiger partial charge >= 0.3 is 0 Å². The molecule has 1 rings (SSSR count). The zero-order valence-electron chi connectivity index (χ0n) is 8.23.